The molecule has 4 rings (SSSR count). The Morgan fingerprint density at radius 2 is 1.68 bits per heavy atom. The number of rotatable bonds is 4. The van der Waals surface area contributed by atoms with Gasteiger partial charge in [-0.05, 0) is 51.2 Å². The molecule has 3 heterocycles. The van der Waals surface area contributed by atoms with Crippen molar-refractivity contribution >= 4 is 29.2 Å². The van der Waals surface area contributed by atoms with Crippen molar-refractivity contribution < 1.29 is 14.4 Å². The van der Waals surface area contributed by atoms with E-state index >= 15 is 0 Å². The van der Waals surface area contributed by atoms with Crippen LogP contribution >= 0.6 is 0 Å². The molecule has 0 radical (unpaired) electrons. The summed E-state index contributed by atoms with van der Waals surface area (Å²) in [5.74, 6) is -0.791. The molecule has 1 aromatic rings. The van der Waals surface area contributed by atoms with Crippen LogP contribution < -0.4 is 10.2 Å². The largest absolute Gasteiger partial charge is 0.370 e. The molecule has 3 fully saturated rings. The average molecular weight is 384 g/mol. The molecule has 0 bridgehead atoms. The molecule has 2 aliphatic heterocycles. The Morgan fingerprint density at radius 3 is 2.25 bits per heavy atom. The van der Waals surface area contributed by atoms with Crippen molar-refractivity contribution in [3.8, 4) is 0 Å². The fourth-order valence-corrected chi connectivity index (χ4v) is 4.72. The SMILES string of the molecule is CC(C(=O)Nc1ccc(N2CCCCC2)cn1)N1C(=O)C2CCCCC2C1=O. The summed E-state index contributed by atoms with van der Waals surface area (Å²) in [6.07, 6.45) is 8.87. The number of nitrogens with zero attached hydrogens (tertiary/aromatic N) is 3. The first kappa shape index (κ1) is 18.9. The van der Waals surface area contributed by atoms with Gasteiger partial charge in [0.05, 0.1) is 23.7 Å². The molecule has 1 aromatic heterocycles. The van der Waals surface area contributed by atoms with Gasteiger partial charge in [0.15, 0.2) is 0 Å². The Labute approximate surface area is 165 Å². The van der Waals surface area contributed by atoms with Gasteiger partial charge in [0, 0.05) is 13.1 Å². The Kier molecular flexibility index (Phi) is 5.33. The summed E-state index contributed by atoms with van der Waals surface area (Å²) in [5, 5.41) is 2.76. The first-order valence-electron chi connectivity index (χ1n) is 10.4. The topological polar surface area (TPSA) is 82.6 Å². The van der Waals surface area contributed by atoms with E-state index in [1.165, 1.54) is 24.2 Å². The molecule has 3 unspecified atom stereocenters. The molecule has 0 spiro atoms. The van der Waals surface area contributed by atoms with Gasteiger partial charge in [0.25, 0.3) is 0 Å². The first-order valence-corrected chi connectivity index (χ1v) is 10.4. The number of hydrogen-bond acceptors (Lipinski definition) is 5. The van der Waals surface area contributed by atoms with Gasteiger partial charge in [0.1, 0.15) is 11.9 Å². The molecule has 3 atom stereocenters. The summed E-state index contributed by atoms with van der Waals surface area (Å²) in [4.78, 5) is 45.8. The monoisotopic (exact) mass is 384 g/mol. The summed E-state index contributed by atoms with van der Waals surface area (Å²) in [6, 6.07) is 2.91. The number of carbonyl (C=O) groups is 3. The fourth-order valence-electron chi connectivity index (χ4n) is 4.72. The highest BCUT2D eigenvalue weighted by atomic mass is 16.2. The summed E-state index contributed by atoms with van der Waals surface area (Å²) < 4.78 is 0. The van der Waals surface area contributed by atoms with E-state index in [0.29, 0.717) is 5.82 Å². The van der Waals surface area contributed by atoms with Gasteiger partial charge in [-0.1, -0.05) is 12.8 Å². The number of pyridine rings is 1. The number of fused-ring (bicyclic) bond motifs is 1. The van der Waals surface area contributed by atoms with Gasteiger partial charge in [-0.2, -0.15) is 0 Å². The number of likely N-dealkylation sites (tertiary alicyclic amines) is 1. The van der Waals surface area contributed by atoms with E-state index in [0.717, 1.165) is 44.5 Å². The molecule has 28 heavy (non-hydrogen) atoms. The van der Waals surface area contributed by atoms with Gasteiger partial charge >= 0.3 is 0 Å². The van der Waals surface area contributed by atoms with Crippen LogP contribution in [0.25, 0.3) is 0 Å². The number of anilines is 2. The normalized spacial score (nSPS) is 26.2. The molecule has 1 N–H and O–H groups in total. The van der Waals surface area contributed by atoms with E-state index in [-0.39, 0.29) is 29.6 Å². The van der Waals surface area contributed by atoms with Crippen molar-refractivity contribution in [2.24, 2.45) is 11.8 Å². The van der Waals surface area contributed by atoms with Crippen molar-refractivity contribution in [1.29, 1.82) is 0 Å². The molecule has 7 heteroatoms. The minimum Gasteiger partial charge on any atom is -0.370 e. The maximum Gasteiger partial charge on any atom is 0.248 e. The lowest BCUT2D eigenvalue weighted by Gasteiger charge is -2.28. The van der Waals surface area contributed by atoms with Crippen molar-refractivity contribution in [3.63, 3.8) is 0 Å². The van der Waals surface area contributed by atoms with Crippen LogP contribution in [0.2, 0.25) is 0 Å². The third-order valence-electron chi connectivity index (χ3n) is 6.36. The van der Waals surface area contributed by atoms with Crippen LogP contribution in [-0.2, 0) is 14.4 Å². The fraction of sp³-hybridized carbons (Fsp3) is 0.619. The number of piperidine rings is 1. The van der Waals surface area contributed by atoms with E-state index in [9.17, 15) is 14.4 Å². The zero-order chi connectivity index (χ0) is 19.7. The number of carbonyl (C=O) groups excluding carboxylic acids is 3. The molecule has 1 saturated carbocycles. The number of nitrogens with one attached hydrogen (secondary N) is 1. The van der Waals surface area contributed by atoms with Crippen molar-refractivity contribution in [2.75, 3.05) is 23.3 Å². The highest BCUT2D eigenvalue weighted by Gasteiger charge is 2.50. The second-order valence-electron chi connectivity index (χ2n) is 8.16. The van der Waals surface area contributed by atoms with Crippen LogP contribution in [0.1, 0.15) is 51.9 Å². The Morgan fingerprint density at radius 1 is 1.04 bits per heavy atom. The predicted octanol–water partition coefficient (Wildman–Crippen LogP) is 2.57. The van der Waals surface area contributed by atoms with Crippen LogP contribution in [0.4, 0.5) is 11.5 Å². The molecule has 2 saturated heterocycles. The zero-order valence-corrected chi connectivity index (χ0v) is 16.4. The van der Waals surface area contributed by atoms with Crippen LogP contribution in [0.15, 0.2) is 18.3 Å². The Bertz CT molecular complexity index is 733. The first-order chi connectivity index (χ1) is 13.6. The lowest BCUT2D eigenvalue weighted by molar-refractivity contribution is -0.146. The maximum atomic E-state index is 12.7. The minimum atomic E-state index is -0.825. The Hall–Kier alpha value is -2.44. The third kappa shape index (κ3) is 3.50. The lowest BCUT2D eigenvalue weighted by atomic mass is 9.81. The second-order valence-corrected chi connectivity index (χ2v) is 8.16. The van der Waals surface area contributed by atoms with Crippen molar-refractivity contribution in [2.45, 2.75) is 57.9 Å². The Balaban J connectivity index is 1.40. The maximum absolute atomic E-state index is 12.7. The van der Waals surface area contributed by atoms with E-state index in [1.54, 1.807) is 19.2 Å². The van der Waals surface area contributed by atoms with Crippen molar-refractivity contribution in [3.05, 3.63) is 18.3 Å². The molecular formula is C21H28N4O3. The summed E-state index contributed by atoms with van der Waals surface area (Å²) in [5.41, 5.74) is 1.06. The molecule has 3 aliphatic rings. The molecule has 1 aliphatic carbocycles. The highest BCUT2D eigenvalue weighted by Crippen LogP contribution is 2.38. The number of hydrogen-bond donors (Lipinski definition) is 1. The highest BCUT2D eigenvalue weighted by molar-refractivity contribution is 6.09. The molecule has 0 aromatic carbocycles. The van der Waals surface area contributed by atoms with E-state index in [4.69, 9.17) is 0 Å². The smallest absolute Gasteiger partial charge is 0.248 e. The quantitative estimate of drug-likeness (QED) is 0.807. The second kappa shape index (κ2) is 7.89. The summed E-state index contributed by atoms with van der Waals surface area (Å²) >= 11 is 0. The van der Waals surface area contributed by atoms with Gasteiger partial charge in [-0.3, -0.25) is 19.3 Å². The zero-order valence-electron chi connectivity index (χ0n) is 16.4. The number of amides is 3. The van der Waals surface area contributed by atoms with E-state index < -0.39 is 6.04 Å². The molecule has 7 nitrogen and oxygen atoms in total. The third-order valence-corrected chi connectivity index (χ3v) is 6.36. The van der Waals surface area contributed by atoms with E-state index in [2.05, 4.69) is 15.2 Å². The predicted molar refractivity (Wildman–Crippen MR) is 106 cm³/mol. The van der Waals surface area contributed by atoms with Gasteiger partial charge < -0.3 is 10.2 Å². The molecular weight excluding hydrogens is 356 g/mol. The van der Waals surface area contributed by atoms with Gasteiger partial charge in [-0.25, -0.2) is 4.98 Å². The standard InChI is InChI=1S/C21H28N4O3/c1-14(25-20(27)16-7-3-4-8-17(16)21(25)28)19(26)23-18-10-9-15(13-22-18)24-11-5-2-6-12-24/h9-10,13-14,16-17H,2-8,11-12H2,1H3,(H,22,23,26). The lowest BCUT2D eigenvalue weighted by Crippen LogP contribution is -2.46. The van der Waals surface area contributed by atoms with Crippen LogP contribution in [0, 0.1) is 11.8 Å². The number of aromatic nitrogens is 1. The van der Waals surface area contributed by atoms with Crippen LogP contribution in [0.5, 0.6) is 0 Å². The van der Waals surface area contributed by atoms with E-state index in [1.807, 2.05) is 6.07 Å². The van der Waals surface area contributed by atoms with Crippen molar-refractivity contribution in [1.82, 2.24) is 9.88 Å². The van der Waals surface area contributed by atoms with Gasteiger partial charge in [0.2, 0.25) is 17.7 Å². The van der Waals surface area contributed by atoms with Crippen LogP contribution in [0.3, 0.4) is 0 Å². The summed E-state index contributed by atoms with van der Waals surface area (Å²) in [6.45, 7) is 3.68. The van der Waals surface area contributed by atoms with Gasteiger partial charge in [-0.15, -0.1) is 0 Å². The summed E-state index contributed by atoms with van der Waals surface area (Å²) in [7, 11) is 0. The molecule has 150 valence electrons. The van der Waals surface area contributed by atoms with Crippen LogP contribution in [-0.4, -0.2) is 46.7 Å². The average Bonchev–Trinajstić information content (AvgIpc) is 2.99. The number of imide groups is 1. The molecule has 3 amide bonds. The minimum absolute atomic E-state index is 0.189.